The van der Waals surface area contributed by atoms with E-state index in [0.717, 1.165) is 23.3 Å². The molecule has 0 saturated carbocycles. The van der Waals surface area contributed by atoms with Gasteiger partial charge in [0.25, 0.3) is 11.8 Å². The number of carbonyl (C=O) groups is 3. The van der Waals surface area contributed by atoms with E-state index in [9.17, 15) is 14.4 Å². The lowest BCUT2D eigenvalue weighted by atomic mass is 10.0. The van der Waals surface area contributed by atoms with Crippen LogP contribution in [0, 0.1) is 0 Å². The van der Waals surface area contributed by atoms with Crippen LogP contribution in [-0.4, -0.2) is 17.7 Å². The van der Waals surface area contributed by atoms with Gasteiger partial charge in [0, 0.05) is 5.69 Å². The molecular formula is C25H19ClN2O3. The molecule has 0 atom stereocenters. The van der Waals surface area contributed by atoms with Crippen LogP contribution in [0.25, 0.3) is 0 Å². The fourth-order valence-corrected chi connectivity index (χ4v) is 4.56. The molecule has 5 nitrogen and oxygen atoms in total. The molecule has 3 aromatic rings. The molecule has 154 valence electrons. The Kier molecular flexibility index (Phi) is 4.83. The Morgan fingerprint density at radius 1 is 0.903 bits per heavy atom. The van der Waals surface area contributed by atoms with E-state index in [4.69, 9.17) is 11.6 Å². The van der Waals surface area contributed by atoms with Gasteiger partial charge in [-0.05, 0) is 66.3 Å². The maximum atomic E-state index is 12.7. The van der Waals surface area contributed by atoms with Gasteiger partial charge in [-0.1, -0.05) is 41.9 Å². The first kappa shape index (κ1) is 19.5. The van der Waals surface area contributed by atoms with Crippen molar-refractivity contribution in [2.75, 3.05) is 10.2 Å². The molecule has 0 bridgehead atoms. The van der Waals surface area contributed by atoms with Gasteiger partial charge in [0.05, 0.1) is 28.3 Å². The quantitative estimate of drug-likeness (QED) is 0.604. The van der Waals surface area contributed by atoms with Gasteiger partial charge in [-0.3, -0.25) is 14.4 Å². The fourth-order valence-electron chi connectivity index (χ4n) is 4.30. The van der Waals surface area contributed by atoms with Crippen molar-refractivity contribution < 1.29 is 14.4 Å². The van der Waals surface area contributed by atoms with Gasteiger partial charge >= 0.3 is 0 Å². The second kappa shape index (κ2) is 7.67. The zero-order chi connectivity index (χ0) is 21.5. The number of carbonyl (C=O) groups excluding carboxylic acids is 3. The number of halogens is 1. The number of nitrogens with zero attached hydrogens (tertiary/aromatic N) is 1. The molecule has 3 amide bonds. The molecule has 0 unspecified atom stereocenters. The molecule has 0 aromatic heterocycles. The van der Waals surface area contributed by atoms with Gasteiger partial charge in [0.1, 0.15) is 0 Å². The predicted octanol–water partition coefficient (Wildman–Crippen LogP) is 4.81. The van der Waals surface area contributed by atoms with Crippen LogP contribution in [0.2, 0.25) is 5.02 Å². The molecule has 1 heterocycles. The van der Waals surface area contributed by atoms with E-state index in [1.807, 2.05) is 6.07 Å². The minimum atomic E-state index is -0.407. The Hall–Kier alpha value is -3.44. The summed E-state index contributed by atoms with van der Waals surface area (Å²) in [7, 11) is 0. The van der Waals surface area contributed by atoms with Crippen LogP contribution in [0.4, 0.5) is 11.4 Å². The number of fused-ring (bicyclic) bond motifs is 2. The molecule has 0 spiro atoms. The Morgan fingerprint density at radius 3 is 2.32 bits per heavy atom. The summed E-state index contributed by atoms with van der Waals surface area (Å²) in [6, 6.07) is 17.7. The summed E-state index contributed by atoms with van der Waals surface area (Å²) >= 11 is 6.39. The Bertz CT molecular complexity index is 1220. The minimum Gasteiger partial charge on any atom is -0.326 e. The lowest BCUT2D eigenvalue weighted by Crippen LogP contribution is -2.29. The maximum Gasteiger partial charge on any atom is 0.266 e. The van der Waals surface area contributed by atoms with Gasteiger partial charge in [-0.25, -0.2) is 4.90 Å². The standard InChI is InChI=1S/C25H19ClN2O3/c26-21-14-18(27-23(29)13-15-8-9-16-4-3-5-17(16)12-15)10-11-22(21)28-24(30)19-6-1-2-7-20(19)25(28)31/h1-2,6-12,14H,3-5,13H2,(H,27,29). The topological polar surface area (TPSA) is 66.5 Å². The van der Waals surface area contributed by atoms with Crippen molar-refractivity contribution >= 4 is 40.7 Å². The zero-order valence-corrected chi connectivity index (χ0v) is 17.4. The number of amides is 3. The van der Waals surface area contributed by atoms with Crippen molar-refractivity contribution in [3.8, 4) is 0 Å². The lowest BCUT2D eigenvalue weighted by Gasteiger charge is -2.16. The summed E-state index contributed by atoms with van der Waals surface area (Å²) in [6.45, 7) is 0. The Balaban J connectivity index is 1.31. The lowest BCUT2D eigenvalue weighted by molar-refractivity contribution is -0.115. The van der Waals surface area contributed by atoms with Crippen LogP contribution >= 0.6 is 11.6 Å². The van der Waals surface area contributed by atoms with Crippen molar-refractivity contribution in [3.63, 3.8) is 0 Å². The molecule has 1 N–H and O–H groups in total. The second-order valence-corrected chi connectivity index (χ2v) is 8.25. The third-order valence-corrected chi connectivity index (χ3v) is 6.10. The van der Waals surface area contributed by atoms with E-state index < -0.39 is 11.8 Å². The van der Waals surface area contributed by atoms with Gasteiger partial charge in [0.2, 0.25) is 5.91 Å². The Labute approximate surface area is 184 Å². The van der Waals surface area contributed by atoms with Crippen molar-refractivity contribution in [2.24, 2.45) is 0 Å². The van der Waals surface area contributed by atoms with E-state index in [0.29, 0.717) is 22.5 Å². The molecular weight excluding hydrogens is 412 g/mol. The highest BCUT2D eigenvalue weighted by molar-refractivity contribution is 6.40. The van der Waals surface area contributed by atoms with Crippen LogP contribution in [0.3, 0.4) is 0 Å². The molecule has 0 fully saturated rings. The normalized spacial score (nSPS) is 14.5. The van der Waals surface area contributed by atoms with E-state index in [1.165, 1.54) is 17.5 Å². The highest BCUT2D eigenvalue weighted by Crippen LogP contribution is 2.35. The first-order valence-corrected chi connectivity index (χ1v) is 10.6. The molecule has 0 saturated heterocycles. The zero-order valence-electron chi connectivity index (χ0n) is 16.7. The Morgan fingerprint density at radius 2 is 1.61 bits per heavy atom. The number of imide groups is 1. The summed E-state index contributed by atoms with van der Waals surface area (Å²) in [6.07, 6.45) is 3.62. The molecule has 3 aromatic carbocycles. The summed E-state index contributed by atoms with van der Waals surface area (Å²) in [5, 5.41) is 3.06. The molecule has 5 rings (SSSR count). The van der Waals surface area contributed by atoms with Crippen molar-refractivity contribution in [1.29, 1.82) is 0 Å². The average Bonchev–Trinajstić information content (AvgIpc) is 3.31. The van der Waals surface area contributed by atoms with Crippen molar-refractivity contribution in [1.82, 2.24) is 0 Å². The van der Waals surface area contributed by atoms with Gasteiger partial charge in [-0.15, -0.1) is 0 Å². The summed E-state index contributed by atoms with van der Waals surface area (Å²) in [5.74, 6) is -0.964. The SMILES string of the molecule is O=C(Cc1ccc2c(c1)CCC2)Nc1ccc(N2C(=O)c3ccccc3C2=O)c(Cl)c1. The molecule has 31 heavy (non-hydrogen) atoms. The van der Waals surface area contributed by atoms with Crippen LogP contribution in [0.15, 0.2) is 60.7 Å². The van der Waals surface area contributed by atoms with Gasteiger partial charge in [0.15, 0.2) is 0 Å². The monoisotopic (exact) mass is 430 g/mol. The molecule has 2 aliphatic rings. The first-order valence-electron chi connectivity index (χ1n) is 10.2. The number of anilines is 2. The number of aryl methyl sites for hydroxylation is 2. The summed E-state index contributed by atoms with van der Waals surface area (Å²) < 4.78 is 0. The molecule has 1 aliphatic carbocycles. The highest BCUT2D eigenvalue weighted by Gasteiger charge is 2.37. The first-order chi connectivity index (χ1) is 15.0. The van der Waals surface area contributed by atoms with E-state index in [1.54, 1.807) is 42.5 Å². The smallest absolute Gasteiger partial charge is 0.266 e. The third-order valence-electron chi connectivity index (χ3n) is 5.79. The van der Waals surface area contributed by atoms with E-state index in [2.05, 4.69) is 17.4 Å². The van der Waals surface area contributed by atoms with Crippen molar-refractivity contribution in [2.45, 2.75) is 25.7 Å². The van der Waals surface area contributed by atoms with Gasteiger partial charge < -0.3 is 5.32 Å². The number of hydrogen-bond acceptors (Lipinski definition) is 3. The number of hydrogen-bond donors (Lipinski definition) is 1. The third kappa shape index (κ3) is 3.51. The van der Waals surface area contributed by atoms with Crippen LogP contribution in [-0.2, 0) is 24.1 Å². The number of nitrogens with one attached hydrogen (secondary N) is 1. The maximum absolute atomic E-state index is 12.7. The van der Waals surface area contributed by atoms with Crippen molar-refractivity contribution in [3.05, 3.63) is 93.5 Å². The largest absolute Gasteiger partial charge is 0.326 e. The predicted molar refractivity (Wildman–Crippen MR) is 120 cm³/mol. The molecule has 6 heteroatoms. The highest BCUT2D eigenvalue weighted by atomic mass is 35.5. The van der Waals surface area contributed by atoms with E-state index >= 15 is 0 Å². The summed E-state index contributed by atoms with van der Waals surface area (Å²) in [4.78, 5) is 39.0. The fraction of sp³-hybridized carbons (Fsp3) is 0.160. The average molecular weight is 431 g/mol. The van der Waals surface area contributed by atoms with Crippen LogP contribution in [0.1, 0.15) is 43.8 Å². The van der Waals surface area contributed by atoms with Crippen LogP contribution in [0.5, 0.6) is 0 Å². The molecule has 0 radical (unpaired) electrons. The molecule has 1 aliphatic heterocycles. The number of benzene rings is 3. The van der Waals surface area contributed by atoms with Gasteiger partial charge in [-0.2, -0.15) is 0 Å². The van der Waals surface area contributed by atoms with E-state index in [-0.39, 0.29) is 17.4 Å². The second-order valence-electron chi connectivity index (χ2n) is 7.84. The summed E-state index contributed by atoms with van der Waals surface area (Å²) in [5.41, 5.74) is 5.21. The van der Waals surface area contributed by atoms with Crippen LogP contribution < -0.4 is 10.2 Å². The number of rotatable bonds is 4. The minimum absolute atomic E-state index is 0.150.